The fourth-order valence-electron chi connectivity index (χ4n) is 3.57. The first kappa shape index (κ1) is 19.4. The summed E-state index contributed by atoms with van der Waals surface area (Å²) in [6.07, 6.45) is 2.02. The molecule has 0 bridgehead atoms. The van der Waals surface area contributed by atoms with Gasteiger partial charge in [0.1, 0.15) is 4.90 Å². The van der Waals surface area contributed by atoms with Gasteiger partial charge in [-0.15, -0.1) is 0 Å². The van der Waals surface area contributed by atoms with Crippen LogP contribution in [0.4, 0.5) is 5.69 Å². The Morgan fingerprint density at radius 2 is 2.08 bits per heavy atom. The molecule has 0 saturated carbocycles. The molecule has 0 spiro atoms. The Balaban J connectivity index is 1.79. The van der Waals surface area contributed by atoms with Crippen molar-refractivity contribution in [3.8, 4) is 0 Å². The van der Waals surface area contributed by atoms with E-state index < -0.39 is 10.0 Å². The Kier molecular flexibility index (Phi) is 5.74. The molecule has 1 aliphatic heterocycles. The number of hydrogen-bond acceptors (Lipinski definition) is 4. The lowest BCUT2D eigenvalue weighted by Gasteiger charge is -2.19. The predicted molar refractivity (Wildman–Crippen MR) is 107 cm³/mol. The zero-order chi connectivity index (χ0) is 18.9. The van der Waals surface area contributed by atoms with E-state index in [1.807, 2.05) is 39.1 Å². The number of nitrogens with zero attached hydrogens (tertiary/aromatic N) is 3. The van der Waals surface area contributed by atoms with Crippen LogP contribution in [0.5, 0.6) is 0 Å². The van der Waals surface area contributed by atoms with E-state index in [0.717, 1.165) is 28.8 Å². The highest BCUT2D eigenvalue weighted by atomic mass is 79.9. The molecule has 8 heteroatoms. The maximum absolute atomic E-state index is 13.1. The molecular weight excluding hydrogens is 416 g/mol. The molecule has 26 heavy (non-hydrogen) atoms. The third-order valence-corrected chi connectivity index (χ3v) is 6.95. The van der Waals surface area contributed by atoms with Crippen LogP contribution >= 0.6 is 15.9 Å². The predicted octanol–water partition coefficient (Wildman–Crippen LogP) is 2.86. The summed E-state index contributed by atoms with van der Waals surface area (Å²) in [5.74, 6) is 0. The molecule has 0 aliphatic carbocycles. The highest BCUT2D eigenvalue weighted by molar-refractivity contribution is 9.10. The molecule has 1 unspecified atom stereocenters. The van der Waals surface area contributed by atoms with Crippen LogP contribution in [0.2, 0.25) is 0 Å². The minimum Gasteiger partial charge on any atom is -0.370 e. The smallest absolute Gasteiger partial charge is 0.244 e. The topological polar surface area (TPSA) is 67.2 Å². The summed E-state index contributed by atoms with van der Waals surface area (Å²) in [4.78, 5) is 2.58. The van der Waals surface area contributed by atoms with Crippen molar-refractivity contribution in [2.75, 3.05) is 18.0 Å². The van der Waals surface area contributed by atoms with Crippen molar-refractivity contribution in [1.82, 2.24) is 14.5 Å². The van der Waals surface area contributed by atoms with Gasteiger partial charge in [-0.2, -0.15) is 5.10 Å². The second-order valence-corrected chi connectivity index (χ2v) is 9.15. The molecule has 1 fully saturated rings. The van der Waals surface area contributed by atoms with Crippen molar-refractivity contribution in [2.45, 2.75) is 44.0 Å². The van der Waals surface area contributed by atoms with Gasteiger partial charge in [0.15, 0.2) is 0 Å². The SMILES string of the molecule is CCc1nn(C)c(CC)c1S(=O)(=O)NC1CCN(c2cccc(Br)c2)C1. The average Bonchev–Trinajstić information content (AvgIpc) is 3.18. The van der Waals surface area contributed by atoms with E-state index in [-0.39, 0.29) is 6.04 Å². The minimum absolute atomic E-state index is 0.103. The van der Waals surface area contributed by atoms with Gasteiger partial charge in [0, 0.05) is 36.3 Å². The Hall–Kier alpha value is -1.38. The molecule has 1 aromatic carbocycles. The van der Waals surface area contributed by atoms with E-state index in [1.54, 1.807) is 4.68 Å². The molecule has 1 N–H and O–H groups in total. The van der Waals surface area contributed by atoms with Crippen molar-refractivity contribution in [1.29, 1.82) is 0 Å². The standard InChI is InChI=1S/C18H25BrN4O2S/c1-4-16-18(17(5-2)22(3)20-16)26(24,25)21-14-9-10-23(12-14)15-8-6-7-13(19)11-15/h6-8,11,14,21H,4-5,9-10,12H2,1-3H3. The summed E-state index contributed by atoms with van der Waals surface area (Å²) in [6.45, 7) is 5.39. The highest BCUT2D eigenvalue weighted by Crippen LogP contribution is 2.26. The monoisotopic (exact) mass is 440 g/mol. The Morgan fingerprint density at radius 3 is 2.73 bits per heavy atom. The molecule has 2 heterocycles. The molecular formula is C18H25BrN4O2S. The molecule has 142 valence electrons. The van der Waals surface area contributed by atoms with Gasteiger partial charge in [0.05, 0.1) is 11.4 Å². The van der Waals surface area contributed by atoms with Crippen molar-refractivity contribution in [3.63, 3.8) is 0 Å². The second kappa shape index (κ2) is 7.70. The molecule has 2 aromatic rings. The average molecular weight is 441 g/mol. The summed E-state index contributed by atoms with van der Waals surface area (Å²) in [7, 11) is -1.78. The molecule has 1 aliphatic rings. The first-order valence-corrected chi connectivity index (χ1v) is 11.2. The molecule has 1 atom stereocenters. The number of hydrogen-bond donors (Lipinski definition) is 1. The van der Waals surface area contributed by atoms with E-state index in [9.17, 15) is 8.42 Å². The van der Waals surface area contributed by atoms with Crippen molar-refractivity contribution < 1.29 is 8.42 Å². The third-order valence-electron chi connectivity index (χ3n) is 4.81. The van der Waals surface area contributed by atoms with Gasteiger partial charge in [0.2, 0.25) is 10.0 Å². The fourth-order valence-corrected chi connectivity index (χ4v) is 5.79. The van der Waals surface area contributed by atoms with Crippen LogP contribution in [0, 0.1) is 0 Å². The number of halogens is 1. The van der Waals surface area contributed by atoms with E-state index in [2.05, 4.69) is 36.7 Å². The molecule has 3 rings (SSSR count). The van der Waals surface area contributed by atoms with Crippen LogP contribution in [0.3, 0.4) is 0 Å². The van der Waals surface area contributed by atoms with Gasteiger partial charge >= 0.3 is 0 Å². The van der Waals surface area contributed by atoms with Crippen LogP contribution in [0.25, 0.3) is 0 Å². The summed E-state index contributed by atoms with van der Waals surface area (Å²) in [5, 5.41) is 4.39. The summed E-state index contributed by atoms with van der Waals surface area (Å²) in [5.41, 5.74) is 2.50. The fraction of sp³-hybridized carbons (Fsp3) is 0.500. The van der Waals surface area contributed by atoms with Crippen LogP contribution in [-0.2, 0) is 29.9 Å². The lowest BCUT2D eigenvalue weighted by molar-refractivity contribution is 0.559. The number of nitrogens with one attached hydrogen (secondary N) is 1. The lowest BCUT2D eigenvalue weighted by Crippen LogP contribution is -2.37. The maximum Gasteiger partial charge on any atom is 0.244 e. The Bertz CT molecular complexity index is 895. The second-order valence-electron chi connectivity index (χ2n) is 6.59. The number of sulfonamides is 1. The van der Waals surface area contributed by atoms with E-state index >= 15 is 0 Å². The zero-order valence-electron chi connectivity index (χ0n) is 15.4. The molecule has 1 aromatic heterocycles. The van der Waals surface area contributed by atoms with Gasteiger partial charge in [-0.1, -0.05) is 35.8 Å². The van der Waals surface area contributed by atoms with E-state index in [0.29, 0.717) is 30.0 Å². The highest BCUT2D eigenvalue weighted by Gasteiger charge is 2.31. The van der Waals surface area contributed by atoms with E-state index in [4.69, 9.17) is 0 Å². The van der Waals surface area contributed by atoms with Crippen molar-refractivity contribution >= 4 is 31.6 Å². The number of rotatable bonds is 6. The van der Waals surface area contributed by atoms with Crippen LogP contribution in [0.1, 0.15) is 31.7 Å². The van der Waals surface area contributed by atoms with Gasteiger partial charge < -0.3 is 4.90 Å². The summed E-state index contributed by atoms with van der Waals surface area (Å²) < 4.78 is 31.8. The van der Waals surface area contributed by atoms with Crippen LogP contribution in [0.15, 0.2) is 33.6 Å². The quantitative estimate of drug-likeness (QED) is 0.749. The van der Waals surface area contributed by atoms with Gasteiger partial charge in [-0.05, 0) is 37.5 Å². The molecule has 6 nitrogen and oxygen atoms in total. The zero-order valence-corrected chi connectivity index (χ0v) is 17.8. The van der Waals surface area contributed by atoms with Crippen LogP contribution in [-0.4, -0.2) is 37.3 Å². The Morgan fingerprint density at radius 1 is 1.31 bits per heavy atom. The van der Waals surface area contributed by atoms with Crippen molar-refractivity contribution in [2.24, 2.45) is 7.05 Å². The van der Waals surface area contributed by atoms with E-state index in [1.165, 1.54) is 0 Å². The summed E-state index contributed by atoms with van der Waals surface area (Å²) >= 11 is 3.49. The molecule has 0 amide bonds. The normalized spacial score (nSPS) is 17.8. The number of benzene rings is 1. The number of anilines is 1. The number of aryl methyl sites for hydroxylation is 2. The van der Waals surface area contributed by atoms with Crippen molar-refractivity contribution in [3.05, 3.63) is 40.1 Å². The summed E-state index contributed by atoms with van der Waals surface area (Å²) in [6, 6.07) is 7.98. The first-order chi connectivity index (χ1) is 12.4. The van der Waals surface area contributed by atoms with Crippen LogP contribution < -0.4 is 9.62 Å². The number of aromatic nitrogens is 2. The maximum atomic E-state index is 13.1. The largest absolute Gasteiger partial charge is 0.370 e. The Labute approximate surface area is 163 Å². The third kappa shape index (κ3) is 3.82. The van der Waals surface area contributed by atoms with Gasteiger partial charge in [-0.25, -0.2) is 13.1 Å². The molecule has 0 radical (unpaired) electrons. The molecule has 1 saturated heterocycles. The minimum atomic E-state index is -3.59. The van der Waals surface area contributed by atoms with Gasteiger partial charge in [-0.3, -0.25) is 4.68 Å². The van der Waals surface area contributed by atoms with Gasteiger partial charge in [0.25, 0.3) is 0 Å². The first-order valence-electron chi connectivity index (χ1n) is 8.93. The lowest BCUT2D eigenvalue weighted by atomic mass is 10.2.